The van der Waals surface area contributed by atoms with Gasteiger partial charge in [-0.3, -0.25) is 24.4 Å². The molecule has 0 aliphatic heterocycles. The summed E-state index contributed by atoms with van der Waals surface area (Å²) in [6.45, 7) is 3.74. The van der Waals surface area contributed by atoms with E-state index in [0.717, 1.165) is 15.8 Å². The Morgan fingerprint density at radius 3 is 2.92 bits per heavy atom. The van der Waals surface area contributed by atoms with Gasteiger partial charge in [0.1, 0.15) is 5.65 Å². The quantitative estimate of drug-likeness (QED) is 0.543. The Bertz CT molecular complexity index is 961. The van der Waals surface area contributed by atoms with Gasteiger partial charge in [-0.2, -0.15) is 5.10 Å². The zero-order chi connectivity index (χ0) is 17.3. The maximum Gasteiger partial charge on any atom is 0.376 e. The fourth-order valence-corrected chi connectivity index (χ4v) is 2.52. The molecule has 0 aliphatic carbocycles. The number of hydrogen-bond donors (Lipinski definition) is 2. The van der Waals surface area contributed by atoms with E-state index < -0.39 is 16.2 Å². The lowest BCUT2D eigenvalue weighted by molar-refractivity contribution is -0.385. The normalized spacial score (nSPS) is 12.2. The fraction of sp³-hybridized carbons (Fsp3) is 0.267. The van der Waals surface area contributed by atoms with Crippen LogP contribution in [0.2, 0.25) is 0 Å². The number of hydrogen-bond acceptors (Lipinski definition) is 6. The van der Waals surface area contributed by atoms with Crippen LogP contribution in [0.25, 0.3) is 5.65 Å². The number of nitrogens with one attached hydrogen (secondary N) is 2. The topological polar surface area (TPSA) is 118 Å². The summed E-state index contributed by atoms with van der Waals surface area (Å²) in [5.74, 6) is -0.0315. The van der Waals surface area contributed by atoms with Gasteiger partial charge in [-0.25, -0.2) is 4.98 Å². The SMILES string of the molecule is Cc1cc(CC(C)Nc2nc3ccccn3c(=O)c2[N+](=O)[O-])n[nH]1. The van der Waals surface area contributed by atoms with Crippen LogP contribution in [0.5, 0.6) is 0 Å². The maximum absolute atomic E-state index is 12.4. The van der Waals surface area contributed by atoms with Gasteiger partial charge in [-0.05, 0) is 32.0 Å². The molecule has 0 spiro atoms. The first-order valence-electron chi connectivity index (χ1n) is 7.39. The molecule has 0 radical (unpaired) electrons. The van der Waals surface area contributed by atoms with Crippen LogP contribution in [0.3, 0.4) is 0 Å². The lowest BCUT2D eigenvalue weighted by atomic mass is 10.2. The first-order valence-corrected chi connectivity index (χ1v) is 7.39. The minimum absolute atomic E-state index is 0.0315. The molecule has 3 aromatic heterocycles. The monoisotopic (exact) mass is 328 g/mol. The summed E-state index contributed by atoms with van der Waals surface area (Å²) < 4.78 is 1.16. The Hall–Kier alpha value is -3.23. The van der Waals surface area contributed by atoms with Gasteiger partial charge in [0.2, 0.25) is 5.82 Å². The Balaban J connectivity index is 1.97. The largest absolute Gasteiger partial charge is 0.376 e. The molecule has 1 unspecified atom stereocenters. The van der Waals surface area contributed by atoms with Gasteiger partial charge in [0.05, 0.1) is 10.6 Å². The summed E-state index contributed by atoms with van der Waals surface area (Å²) in [4.78, 5) is 27.2. The van der Waals surface area contributed by atoms with Gasteiger partial charge >= 0.3 is 11.2 Å². The minimum Gasteiger partial charge on any atom is -0.361 e. The molecule has 124 valence electrons. The fourth-order valence-electron chi connectivity index (χ4n) is 2.52. The van der Waals surface area contributed by atoms with E-state index in [9.17, 15) is 14.9 Å². The van der Waals surface area contributed by atoms with Gasteiger partial charge in [0, 0.05) is 24.4 Å². The smallest absolute Gasteiger partial charge is 0.361 e. The molecule has 0 bridgehead atoms. The van der Waals surface area contributed by atoms with E-state index in [1.807, 2.05) is 19.9 Å². The minimum atomic E-state index is -0.712. The van der Waals surface area contributed by atoms with E-state index in [0.29, 0.717) is 12.1 Å². The molecule has 3 rings (SSSR count). The van der Waals surface area contributed by atoms with Crippen molar-refractivity contribution >= 4 is 17.2 Å². The van der Waals surface area contributed by atoms with E-state index in [2.05, 4.69) is 20.5 Å². The van der Waals surface area contributed by atoms with Gasteiger partial charge < -0.3 is 5.32 Å². The van der Waals surface area contributed by atoms with Crippen molar-refractivity contribution in [3.8, 4) is 0 Å². The summed E-state index contributed by atoms with van der Waals surface area (Å²) in [6, 6.07) is 6.67. The summed E-state index contributed by atoms with van der Waals surface area (Å²) in [5, 5.41) is 21.3. The van der Waals surface area contributed by atoms with Crippen LogP contribution in [0.1, 0.15) is 18.3 Å². The Morgan fingerprint density at radius 1 is 1.46 bits per heavy atom. The highest BCUT2D eigenvalue weighted by atomic mass is 16.6. The van der Waals surface area contributed by atoms with Crippen molar-refractivity contribution in [1.29, 1.82) is 0 Å². The first-order chi connectivity index (χ1) is 11.5. The molecule has 1 atom stereocenters. The van der Waals surface area contributed by atoms with E-state index in [1.165, 1.54) is 6.20 Å². The number of aryl methyl sites for hydroxylation is 1. The van der Waals surface area contributed by atoms with Crippen molar-refractivity contribution in [1.82, 2.24) is 19.6 Å². The van der Waals surface area contributed by atoms with E-state index in [1.54, 1.807) is 18.2 Å². The van der Waals surface area contributed by atoms with Crippen molar-refractivity contribution in [2.45, 2.75) is 26.3 Å². The van der Waals surface area contributed by atoms with Crippen molar-refractivity contribution < 1.29 is 4.92 Å². The first kappa shape index (κ1) is 15.7. The standard InChI is InChI=1S/C15H16N6O3/c1-9(7-11-8-10(2)18-19-11)16-14-13(21(23)24)15(22)20-6-4-3-5-12(20)17-14/h3-6,8-9,16H,7H2,1-2H3,(H,18,19). The third-order valence-electron chi connectivity index (χ3n) is 3.55. The van der Waals surface area contributed by atoms with Gasteiger partial charge in [-0.15, -0.1) is 0 Å². The molecule has 0 fully saturated rings. The van der Waals surface area contributed by atoms with Crippen LogP contribution in [0.4, 0.5) is 11.5 Å². The number of anilines is 1. The number of H-pyrrole nitrogens is 1. The van der Waals surface area contributed by atoms with Crippen molar-refractivity contribution in [3.63, 3.8) is 0 Å². The molecule has 3 heterocycles. The molecule has 2 N–H and O–H groups in total. The van der Waals surface area contributed by atoms with Crippen LogP contribution in [0, 0.1) is 17.0 Å². The van der Waals surface area contributed by atoms with Crippen LogP contribution >= 0.6 is 0 Å². The highest BCUT2D eigenvalue weighted by Crippen LogP contribution is 2.19. The summed E-state index contributed by atoms with van der Waals surface area (Å²) in [6.07, 6.45) is 1.99. The predicted molar refractivity (Wildman–Crippen MR) is 88.2 cm³/mol. The number of aromatic amines is 1. The van der Waals surface area contributed by atoms with Gasteiger partial charge in [0.15, 0.2) is 0 Å². The highest BCUT2D eigenvalue weighted by molar-refractivity contribution is 5.60. The molecule has 0 saturated carbocycles. The number of nitrogens with zero attached hydrogens (tertiary/aromatic N) is 4. The molecule has 0 amide bonds. The number of aromatic nitrogens is 4. The van der Waals surface area contributed by atoms with Crippen LogP contribution in [0.15, 0.2) is 35.3 Å². The number of rotatable bonds is 5. The lowest BCUT2D eigenvalue weighted by Gasteiger charge is -2.13. The summed E-state index contributed by atoms with van der Waals surface area (Å²) >= 11 is 0. The molecule has 9 heteroatoms. The van der Waals surface area contributed by atoms with Crippen LogP contribution < -0.4 is 10.9 Å². The molecule has 9 nitrogen and oxygen atoms in total. The lowest BCUT2D eigenvalue weighted by Crippen LogP contribution is -2.25. The molecular weight excluding hydrogens is 312 g/mol. The molecule has 0 saturated heterocycles. The Labute approximate surface area is 136 Å². The van der Waals surface area contributed by atoms with Crippen molar-refractivity contribution in [3.05, 3.63) is 62.3 Å². The molecular formula is C15H16N6O3. The Kier molecular flexibility index (Phi) is 3.98. The molecule has 3 aromatic rings. The molecule has 24 heavy (non-hydrogen) atoms. The van der Waals surface area contributed by atoms with Crippen molar-refractivity contribution in [2.75, 3.05) is 5.32 Å². The maximum atomic E-state index is 12.4. The van der Waals surface area contributed by atoms with E-state index in [4.69, 9.17) is 0 Å². The highest BCUT2D eigenvalue weighted by Gasteiger charge is 2.24. The number of nitro groups is 1. The summed E-state index contributed by atoms with van der Waals surface area (Å²) in [5.41, 5.74) is 0.830. The van der Waals surface area contributed by atoms with E-state index >= 15 is 0 Å². The average Bonchev–Trinajstić information content (AvgIpc) is 2.92. The molecule has 0 aromatic carbocycles. The average molecular weight is 328 g/mol. The third kappa shape index (κ3) is 2.96. The zero-order valence-corrected chi connectivity index (χ0v) is 13.2. The summed E-state index contributed by atoms with van der Waals surface area (Å²) in [7, 11) is 0. The number of pyridine rings is 1. The van der Waals surface area contributed by atoms with Gasteiger partial charge in [0.25, 0.3) is 0 Å². The van der Waals surface area contributed by atoms with Crippen molar-refractivity contribution in [2.24, 2.45) is 0 Å². The van der Waals surface area contributed by atoms with Crippen LogP contribution in [-0.2, 0) is 6.42 Å². The van der Waals surface area contributed by atoms with E-state index in [-0.39, 0.29) is 11.9 Å². The van der Waals surface area contributed by atoms with Crippen LogP contribution in [-0.4, -0.2) is 30.5 Å². The third-order valence-corrected chi connectivity index (χ3v) is 3.55. The second-order valence-corrected chi connectivity index (χ2v) is 5.59. The predicted octanol–water partition coefficient (Wildman–Crippen LogP) is 1.68. The second-order valence-electron chi connectivity index (χ2n) is 5.59. The van der Waals surface area contributed by atoms with Gasteiger partial charge in [-0.1, -0.05) is 6.07 Å². The Morgan fingerprint density at radius 2 is 2.25 bits per heavy atom. The number of fused-ring (bicyclic) bond motifs is 1. The zero-order valence-electron chi connectivity index (χ0n) is 13.2. The molecule has 0 aliphatic rings. The second kappa shape index (κ2) is 6.11.